The molecule has 72 heavy (non-hydrogen) atoms. The maximum Gasteiger partial charge on any atom is 0.331 e. The molecule has 2 unspecified atom stereocenters. The fourth-order valence-corrected chi connectivity index (χ4v) is 10.8. The van der Waals surface area contributed by atoms with Crippen LogP contribution in [0.2, 0.25) is 0 Å². The number of carbonyl (C=O) groups is 5. The van der Waals surface area contributed by atoms with Crippen LogP contribution in [0.5, 0.6) is 0 Å². The number of nitrogens with zero attached hydrogens (tertiary/aromatic N) is 3. The van der Waals surface area contributed by atoms with E-state index >= 15 is 0 Å². The average Bonchev–Trinajstić information content (AvgIpc) is 4.16. The van der Waals surface area contributed by atoms with Gasteiger partial charge in [-0.2, -0.15) is 0 Å². The molecule has 2 aromatic rings. The van der Waals surface area contributed by atoms with Crippen molar-refractivity contribution in [1.82, 2.24) is 30.8 Å². The standard InChI is InChI=1S/C28H42N4O5.C15H26N2O4.C11H17N3/c1-2-37-27(35)24(31-26(34)21-8-3-4-9-21)28(36)15-18-32(19-16-28)23(33)12-6-5-11-22-14-13-20-10-7-17-29-25(20)30-22;1-2-21-14(19)12(15(20)7-9-16-10-8-15)17-13(18)11-5-3-4-6-11;12-7-1-4-10-6-5-9-3-2-8-13-11(9)14-10/h13-14,21,24,36H,2-12,15-19H2,1H3,(H,29,30)(H,31,34);11-12,16,20H,2-10H2,1H3,(H,17,18);5-6H,1-4,7-8,12H2,(H,13,14). The summed E-state index contributed by atoms with van der Waals surface area (Å²) < 4.78 is 10.2. The molecule has 0 aromatic carbocycles. The molecule has 3 amide bonds. The quantitative estimate of drug-likeness (QED) is 0.0760. The number of piperidine rings is 2. The van der Waals surface area contributed by atoms with Crippen LogP contribution < -0.4 is 32.3 Å². The van der Waals surface area contributed by atoms with Gasteiger partial charge in [-0.05, 0) is 166 Å². The number of rotatable bonds is 18. The van der Waals surface area contributed by atoms with Crippen molar-refractivity contribution in [2.45, 2.75) is 178 Å². The number of nitrogens with two attached hydrogens (primary N) is 1. The number of likely N-dealkylation sites (tertiary alicyclic amines) is 1. The van der Waals surface area contributed by atoms with Gasteiger partial charge in [-0.25, -0.2) is 19.6 Å². The summed E-state index contributed by atoms with van der Waals surface area (Å²) >= 11 is 0. The minimum Gasteiger partial charge on any atom is -0.464 e. The number of aromatic nitrogens is 2. The minimum absolute atomic E-state index is 0.0350. The number of anilines is 2. The first-order valence-corrected chi connectivity index (χ1v) is 27.4. The van der Waals surface area contributed by atoms with Crippen LogP contribution in [0.25, 0.3) is 0 Å². The monoisotopic (exact) mass is 1000 g/mol. The summed E-state index contributed by atoms with van der Waals surface area (Å²) in [5.41, 5.74) is 7.66. The van der Waals surface area contributed by atoms with Gasteiger partial charge in [0.2, 0.25) is 17.7 Å². The Labute approximate surface area is 426 Å². The van der Waals surface area contributed by atoms with Crippen LogP contribution in [0.4, 0.5) is 11.6 Å². The fourth-order valence-electron chi connectivity index (χ4n) is 10.8. The molecular weight excluding hydrogens is 919 g/mol. The normalized spacial score (nSPS) is 20.0. The summed E-state index contributed by atoms with van der Waals surface area (Å²) in [7, 11) is 0. The van der Waals surface area contributed by atoms with E-state index in [0.29, 0.717) is 45.4 Å². The highest BCUT2D eigenvalue weighted by atomic mass is 16.5. The lowest BCUT2D eigenvalue weighted by atomic mass is 9.83. The van der Waals surface area contributed by atoms with Crippen molar-refractivity contribution in [3.8, 4) is 0 Å². The lowest BCUT2D eigenvalue weighted by molar-refractivity contribution is -0.160. The maximum absolute atomic E-state index is 12.8. The van der Waals surface area contributed by atoms with Gasteiger partial charge in [0, 0.05) is 55.8 Å². The summed E-state index contributed by atoms with van der Waals surface area (Å²) in [5, 5.41) is 37.6. The molecule has 2 aromatic heterocycles. The maximum atomic E-state index is 12.8. The zero-order valence-corrected chi connectivity index (χ0v) is 43.2. The second kappa shape index (κ2) is 28.5. The third kappa shape index (κ3) is 16.3. The number of ether oxygens (including phenoxy) is 2. The number of esters is 2. The summed E-state index contributed by atoms with van der Waals surface area (Å²) in [4.78, 5) is 73.8. The first kappa shape index (κ1) is 56.4. The molecule has 4 fully saturated rings. The molecule has 0 bridgehead atoms. The Balaban J connectivity index is 0.000000202. The Morgan fingerprint density at radius 1 is 0.667 bits per heavy atom. The number of carbonyl (C=O) groups excluding carboxylic acids is 5. The van der Waals surface area contributed by atoms with Gasteiger partial charge < -0.3 is 56.9 Å². The molecule has 9 N–H and O–H groups in total. The van der Waals surface area contributed by atoms with Gasteiger partial charge >= 0.3 is 11.9 Å². The number of pyridine rings is 2. The van der Waals surface area contributed by atoms with Crippen LogP contribution >= 0.6 is 0 Å². The predicted molar refractivity (Wildman–Crippen MR) is 276 cm³/mol. The second-order valence-electron chi connectivity index (χ2n) is 20.5. The van der Waals surface area contributed by atoms with E-state index < -0.39 is 35.2 Å². The van der Waals surface area contributed by atoms with Crippen molar-refractivity contribution < 1.29 is 43.7 Å². The Morgan fingerprint density at radius 3 is 1.58 bits per heavy atom. The zero-order chi connectivity index (χ0) is 51.4. The van der Waals surface area contributed by atoms with Crippen molar-refractivity contribution in [2.24, 2.45) is 17.6 Å². The lowest BCUT2D eigenvalue weighted by Gasteiger charge is -2.42. The topological polar surface area (TPSA) is 259 Å². The van der Waals surface area contributed by atoms with E-state index in [1.807, 2.05) is 0 Å². The van der Waals surface area contributed by atoms with Gasteiger partial charge in [-0.1, -0.05) is 37.8 Å². The molecule has 4 aliphatic heterocycles. The molecule has 18 heteroatoms. The molecule has 400 valence electrons. The van der Waals surface area contributed by atoms with Crippen LogP contribution in [0, 0.1) is 11.8 Å². The molecule has 0 radical (unpaired) electrons. The zero-order valence-electron chi connectivity index (χ0n) is 43.2. The molecule has 2 saturated heterocycles. The van der Waals surface area contributed by atoms with Gasteiger partial charge in [-0.15, -0.1) is 0 Å². The third-order valence-corrected chi connectivity index (χ3v) is 15.2. The molecule has 18 nitrogen and oxygen atoms in total. The van der Waals surface area contributed by atoms with Gasteiger partial charge in [0.25, 0.3) is 0 Å². The highest BCUT2D eigenvalue weighted by Gasteiger charge is 2.47. The van der Waals surface area contributed by atoms with Crippen molar-refractivity contribution >= 4 is 41.3 Å². The predicted octanol–water partition coefficient (Wildman–Crippen LogP) is 4.41. The minimum atomic E-state index is -1.43. The van der Waals surface area contributed by atoms with E-state index in [1.54, 1.807) is 18.7 Å². The molecule has 2 aliphatic carbocycles. The Morgan fingerprint density at radius 2 is 1.12 bits per heavy atom. The largest absolute Gasteiger partial charge is 0.464 e. The van der Waals surface area contributed by atoms with Gasteiger partial charge in [0.05, 0.1) is 24.4 Å². The van der Waals surface area contributed by atoms with Crippen molar-refractivity contribution in [3.05, 3.63) is 46.8 Å². The van der Waals surface area contributed by atoms with Gasteiger partial charge in [0.1, 0.15) is 11.6 Å². The lowest BCUT2D eigenvalue weighted by Crippen LogP contribution is -2.62. The van der Waals surface area contributed by atoms with E-state index in [1.165, 1.54) is 17.5 Å². The van der Waals surface area contributed by atoms with Gasteiger partial charge in [0.15, 0.2) is 12.1 Å². The molecule has 8 rings (SSSR count). The fraction of sp³-hybridized carbons (Fsp3) is 0.722. The van der Waals surface area contributed by atoms with E-state index in [-0.39, 0.29) is 55.6 Å². The number of aliphatic hydroxyl groups is 2. The number of fused-ring (bicyclic) bond motifs is 2. The highest BCUT2D eigenvalue weighted by Crippen LogP contribution is 2.31. The van der Waals surface area contributed by atoms with E-state index in [9.17, 15) is 34.2 Å². The Hall–Kier alpha value is -4.91. The molecule has 0 spiro atoms. The first-order chi connectivity index (χ1) is 34.9. The number of hydrogen-bond donors (Lipinski definition) is 8. The third-order valence-electron chi connectivity index (χ3n) is 15.2. The van der Waals surface area contributed by atoms with E-state index in [0.717, 1.165) is 145 Å². The van der Waals surface area contributed by atoms with Gasteiger partial charge in [-0.3, -0.25) is 14.4 Å². The van der Waals surface area contributed by atoms with Crippen LogP contribution in [0.3, 0.4) is 0 Å². The molecule has 6 heterocycles. The average molecular weight is 1000 g/mol. The SMILES string of the molecule is CCOC(=O)C(NC(=O)C1CCCC1)C1(O)CCN(C(=O)CCCCc2ccc3c(n2)NCCC3)CC1.CCOC(=O)C(NC(=O)C1CCCC1)C1(O)CCNCC1.NCCCc1ccc2c(n1)NCCC2. The Bertz CT molecular complexity index is 2060. The molecule has 2 saturated carbocycles. The number of unbranched alkanes of at least 4 members (excludes halogenated alkanes) is 1. The number of hydrogen-bond acceptors (Lipinski definition) is 15. The second-order valence-corrected chi connectivity index (χ2v) is 20.5. The van der Waals surface area contributed by atoms with Crippen molar-refractivity contribution in [1.29, 1.82) is 0 Å². The van der Waals surface area contributed by atoms with Crippen molar-refractivity contribution in [2.75, 3.05) is 69.7 Å². The smallest absolute Gasteiger partial charge is 0.331 e. The van der Waals surface area contributed by atoms with Crippen LogP contribution in [-0.2, 0) is 59.1 Å². The summed E-state index contributed by atoms with van der Waals surface area (Å²) in [6.07, 6.45) is 18.3. The number of amides is 3. The first-order valence-electron chi connectivity index (χ1n) is 27.4. The highest BCUT2D eigenvalue weighted by molar-refractivity contribution is 5.88. The summed E-state index contributed by atoms with van der Waals surface area (Å²) in [6.45, 7) is 8.57. The molecule has 6 aliphatic rings. The van der Waals surface area contributed by atoms with E-state index in [2.05, 4.69) is 55.8 Å². The van der Waals surface area contributed by atoms with Crippen LogP contribution in [-0.4, -0.2) is 137 Å². The molecule has 2 atom stereocenters. The summed E-state index contributed by atoms with van der Waals surface area (Å²) in [5.74, 6) is 0.540. The van der Waals surface area contributed by atoms with Crippen molar-refractivity contribution in [3.63, 3.8) is 0 Å². The van der Waals surface area contributed by atoms with E-state index in [4.69, 9.17) is 20.2 Å². The van der Waals surface area contributed by atoms with Crippen LogP contribution in [0.1, 0.15) is 152 Å². The number of aryl methyl sites for hydroxylation is 4. The van der Waals surface area contributed by atoms with Crippen LogP contribution in [0.15, 0.2) is 24.3 Å². The summed E-state index contributed by atoms with van der Waals surface area (Å²) in [6, 6.07) is 6.49. The molecular formula is C54H85N9O9. The number of nitrogens with one attached hydrogen (secondary N) is 5. The Kier molecular flexibility index (Phi) is 22.3.